The SMILES string of the molecule is O=C1NC(CCOc2ccccc2)=N/C1=C/c1cccc(F)c1. The fourth-order valence-electron chi connectivity index (χ4n) is 2.17. The smallest absolute Gasteiger partial charge is 0.275 e. The number of aliphatic imine (C=N–C) groups is 1. The van der Waals surface area contributed by atoms with Gasteiger partial charge in [-0.05, 0) is 35.9 Å². The molecule has 0 aromatic heterocycles. The van der Waals surface area contributed by atoms with Gasteiger partial charge in [-0.15, -0.1) is 0 Å². The standard InChI is InChI=1S/C18H15FN2O2/c19-14-6-4-5-13(11-14)12-16-18(22)21-17(20-16)9-10-23-15-7-2-1-3-8-15/h1-8,11-12H,9-10H2,(H,20,21,22)/b16-12+. The summed E-state index contributed by atoms with van der Waals surface area (Å²) in [4.78, 5) is 16.1. The topological polar surface area (TPSA) is 50.7 Å². The number of hydrogen-bond donors (Lipinski definition) is 1. The number of nitrogens with one attached hydrogen (secondary N) is 1. The van der Waals surface area contributed by atoms with Crippen LogP contribution in [0.25, 0.3) is 6.08 Å². The summed E-state index contributed by atoms with van der Waals surface area (Å²) in [6.07, 6.45) is 2.05. The quantitative estimate of drug-likeness (QED) is 0.862. The number of para-hydroxylation sites is 1. The maximum absolute atomic E-state index is 13.2. The molecular formula is C18H15FN2O2. The van der Waals surface area contributed by atoms with E-state index >= 15 is 0 Å². The van der Waals surface area contributed by atoms with Gasteiger partial charge in [0.25, 0.3) is 5.91 Å². The Kier molecular flexibility index (Phi) is 4.47. The van der Waals surface area contributed by atoms with Crippen LogP contribution in [0.1, 0.15) is 12.0 Å². The van der Waals surface area contributed by atoms with E-state index in [9.17, 15) is 9.18 Å². The third-order valence-corrected chi connectivity index (χ3v) is 3.25. The van der Waals surface area contributed by atoms with E-state index in [-0.39, 0.29) is 17.4 Å². The Hall–Kier alpha value is -2.95. The number of benzene rings is 2. The van der Waals surface area contributed by atoms with Gasteiger partial charge in [0.15, 0.2) is 0 Å². The Balaban J connectivity index is 1.62. The number of carbonyl (C=O) groups is 1. The summed E-state index contributed by atoms with van der Waals surface area (Å²) in [7, 11) is 0. The lowest BCUT2D eigenvalue weighted by molar-refractivity contribution is -0.115. The third kappa shape index (κ3) is 4.03. The molecule has 116 valence electrons. The molecule has 1 heterocycles. The molecule has 0 unspecified atom stereocenters. The summed E-state index contributed by atoms with van der Waals surface area (Å²) in [6, 6.07) is 15.4. The fourth-order valence-corrected chi connectivity index (χ4v) is 2.17. The lowest BCUT2D eigenvalue weighted by Gasteiger charge is -2.05. The number of amides is 1. The van der Waals surface area contributed by atoms with Crippen molar-refractivity contribution >= 4 is 17.8 Å². The first kappa shape index (κ1) is 15.0. The molecule has 1 amide bonds. The van der Waals surface area contributed by atoms with E-state index in [0.717, 1.165) is 5.75 Å². The minimum absolute atomic E-state index is 0.269. The van der Waals surface area contributed by atoms with Gasteiger partial charge < -0.3 is 10.1 Å². The second-order valence-corrected chi connectivity index (χ2v) is 5.01. The largest absolute Gasteiger partial charge is 0.493 e. The summed E-state index contributed by atoms with van der Waals surface area (Å²) in [5, 5.41) is 2.69. The van der Waals surface area contributed by atoms with E-state index in [1.807, 2.05) is 30.3 Å². The first-order valence-corrected chi connectivity index (χ1v) is 7.25. The number of ether oxygens (including phenoxy) is 1. The minimum atomic E-state index is -0.349. The predicted octanol–water partition coefficient (Wildman–Crippen LogP) is 3.16. The molecule has 0 spiro atoms. The number of rotatable bonds is 5. The van der Waals surface area contributed by atoms with Crippen LogP contribution in [0.15, 0.2) is 65.3 Å². The molecule has 0 aliphatic carbocycles. The minimum Gasteiger partial charge on any atom is -0.493 e. The first-order valence-electron chi connectivity index (χ1n) is 7.25. The molecule has 1 aliphatic heterocycles. The lowest BCUT2D eigenvalue weighted by Crippen LogP contribution is -2.25. The Morgan fingerprint density at radius 3 is 2.74 bits per heavy atom. The molecule has 0 fully saturated rings. The van der Waals surface area contributed by atoms with Gasteiger partial charge in [-0.1, -0.05) is 30.3 Å². The second kappa shape index (κ2) is 6.87. The van der Waals surface area contributed by atoms with Crippen molar-refractivity contribution < 1.29 is 13.9 Å². The number of nitrogens with zero attached hydrogens (tertiary/aromatic N) is 1. The summed E-state index contributed by atoms with van der Waals surface area (Å²) >= 11 is 0. The zero-order valence-corrected chi connectivity index (χ0v) is 12.3. The highest BCUT2D eigenvalue weighted by Gasteiger charge is 2.19. The molecule has 1 aliphatic rings. The number of hydrogen-bond acceptors (Lipinski definition) is 3. The highest BCUT2D eigenvalue weighted by atomic mass is 19.1. The molecule has 0 bridgehead atoms. The van der Waals surface area contributed by atoms with Crippen molar-refractivity contribution in [2.24, 2.45) is 4.99 Å². The molecule has 0 saturated heterocycles. The molecule has 0 radical (unpaired) electrons. The molecule has 3 rings (SSSR count). The van der Waals surface area contributed by atoms with Crippen LogP contribution < -0.4 is 10.1 Å². The Morgan fingerprint density at radius 1 is 1.13 bits per heavy atom. The Bertz CT molecular complexity index is 770. The Morgan fingerprint density at radius 2 is 1.96 bits per heavy atom. The van der Waals surface area contributed by atoms with E-state index in [1.165, 1.54) is 12.1 Å². The van der Waals surface area contributed by atoms with Crippen LogP contribution in [0.2, 0.25) is 0 Å². The zero-order chi connectivity index (χ0) is 16.1. The fraction of sp³-hybridized carbons (Fsp3) is 0.111. The van der Waals surface area contributed by atoms with Crippen molar-refractivity contribution in [3.63, 3.8) is 0 Å². The highest BCUT2D eigenvalue weighted by Crippen LogP contribution is 2.14. The lowest BCUT2D eigenvalue weighted by atomic mass is 10.2. The van der Waals surface area contributed by atoms with Gasteiger partial charge in [-0.25, -0.2) is 9.38 Å². The van der Waals surface area contributed by atoms with Crippen molar-refractivity contribution in [2.75, 3.05) is 6.61 Å². The number of carbonyl (C=O) groups excluding carboxylic acids is 1. The first-order chi connectivity index (χ1) is 11.2. The van der Waals surface area contributed by atoms with E-state index in [1.54, 1.807) is 18.2 Å². The summed E-state index contributed by atoms with van der Waals surface area (Å²) in [5.41, 5.74) is 0.867. The van der Waals surface area contributed by atoms with E-state index in [4.69, 9.17) is 4.74 Å². The van der Waals surface area contributed by atoms with Crippen LogP contribution in [0, 0.1) is 5.82 Å². The predicted molar refractivity (Wildman–Crippen MR) is 86.5 cm³/mol. The molecule has 0 saturated carbocycles. The normalized spacial score (nSPS) is 15.4. The average Bonchev–Trinajstić information content (AvgIpc) is 2.88. The van der Waals surface area contributed by atoms with Crippen LogP contribution in [0.3, 0.4) is 0 Å². The van der Waals surface area contributed by atoms with Crippen molar-refractivity contribution in [3.05, 3.63) is 71.7 Å². The maximum Gasteiger partial charge on any atom is 0.275 e. The van der Waals surface area contributed by atoms with Crippen LogP contribution in [-0.2, 0) is 4.79 Å². The van der Waals surface area contributed by atoms with Gasteiger partial charge in [0.2, 0.25) is 0 Å². The van der Waals surface area contributed by atoms with Crippen molar-refractivity contribution in [1.82, 2.24) is 5.32 Å². The summed E-state index contributed by atoms with van der Waals surface area (Å²) in [5.74, 6) is 0.684. The molecule has 4 nitrogen and oxygen atoms in total. The molecule has 5 heteroatoms. The van der Waals surface area contributed by atoms with Crippen LogP contribution in [0.5, 0.6) is 5.75 Å². The van der Waals surface area contributed by atoms with Gasteiger partial charge >= 0.3 is 0 Å². The van der Waals surface area contributed by atoms with Gasteiger partial charge in [-0.3, -0.25) is 4.79 Å². The molecular weight excluding hydrogens is 295 g/mol. The highest BCUT2D eigenvalue weighted by molar-refractivity contribution is 6.14. The maximum atomic E-state index is 13.2. The second-order valence-electron chi connectivity index (χ2n) is 5.01. The third-order valence-electron chi connectivity index (χ3n) is 3.25. The molecule has 2 aromatic rings. The van der Waals surface area contributed by atoms with E-state index < -0.39 is 0 Å². The van der Waals surface area contributed by atoms with Crippen LogP contribution in [-0.4, -0.2) is 18.3 Å². The average molecular weight is 310 g/mol. The molecule has 23 heavy (non-hydrogen) atoms. The monoisotopic (exact) mass is 310 g/mol. The van der Waals surface area contributed by atoms with Crippen molar-refractivity contribution in [2.45, 2.75) is 6.42 Å². The number of halogens is 1. The van der Waals surface area contributed by atoms with Crippen LogP contribution >= 0.6 is 0 Å². The van der Waals surface area contributed by atoms with Crippen molar-refractivity contribution in [3.8, 4) is 5.75 Å². The summed E-state index contributed by atoms with van der Waals surface area (Å²) < 4.78 is 18.7. The molecule has 0 atom stereocenters. The van der Waals surface area contributed by atoms with Gasteiger partial charge in [0, 0.05) is 6.42 Å². The molecule has 2 aromatic carbocycles. The van der Waals surface area contributed by atoms with Crippen molar-refractivity contribution in [1.29, 1.82) is 0 Å². The number of amidine groups is 1. The molecule has 1 N–H and O–H groups in total. The van der Waals surface area contributed by atoms with Gasteiger partial charge in [0.1, 0.15) is 23.1 Å². The van der Waals surface area contributed by atoms with Gasteiger partial charge in [0.05, 0.1) is 6.61 Å². The van der Waals surface area contributed by atoms with Gasteiger partial charge in [-0.2, -0.15) is 0 Å². The van der Waals surface area contributed by atoms with E-state index in [2.05, 4.69) is 10.3 Å². The van der Waals surface area contributed by atoms with E-state index in [0.29, 0.717) is 24.4 Å². The zero-order valence-electron chi connectivity index (χ0n) is 12.3. The Labute approximate surface area is 133 Å². The summed E-state index contributed by atoms with van der Waals surface area (Å²) in [6.45, 7) is 0.413. The van der Waals surface area contributed by atoms with Crippen LogP contribution in [0.4, 0.5) is 4.39 Å².